The van der Waals surface area contributed by atoms with Crippen molar-refractivity contribution in [2.75, 3.05) is 0 Å². The van der Waals surface area contributed by atoms with E-state index in [9.17, 15) is 15.3 Å². The van der Waals surface area contributed by atoms with Gasteiger partial charge in [0.15, 0.2) is 0 Å². The zero-order valence-electron chi connectivity index (χ0n) is 13.9. The van der Waals surface area contributed by atoms with E-state index in [2.05, 4.69) is 6.07 Å². The number of phenolic OH excluding ortho intramolecular Hbond substituents is 1. The third kappa shape index (κ3) is 1.86. The molecule has 0 radical (unpaired) electrons. The molecule has 4 heteroatoms. The number of aliphatic hydroxyl groups excluding tert-OH is 1. The molecule has 24 heavy (non-hydrogen) atoms. The number of rotatable bonds is 1. The Morgan fingerprint density at radius 2 is 2.08 bits per heavy atom. The molecule has 0 aromatic heterocycles. The van der Waals surface area contributed by atoms with Crippen LogP contribution in [-0.2, 0) is 6.42 Å². The van der Waals surface area contributed by atoms with E-state index in [4.69, 9.17) is 5.26 Å². The van der Waals surface area contributed by atoms with Crippen molar-refractivity contribution in [1.82, 2.24) is 0 Å². The van der Waals surface area contributed by atoms with Gasteiger partial charge in [-0.2, -0.15) is 5.26 Å². The van der Waals surface area contributed by atoms with Gasteiger partial charge in [-0.05, 0) is 66.9 Å². The number of allylic oxidation sites excluding steroid dienone is 2. The molecule has 0 aliphatic heterocycles. The van der Waals surface area contributed by atoms with Crippen LogP contribution < -0.4 is 0 Å². The first kappa shape index (κ1) is 15.7. The fraction of sp³-hybridized carbons (Fsp3) is 0.550. The van der Waals surface area contributed by atoms with Crippen LogP contribution in [0.2, 0.25) is 0 Å². The molecule has 0 saturated heterocycles. The summed E-state index contributed by atoms with van der Waals surface area (Å²) in [6.07, 6.45) is 3.06. The van der Waals surface area contributed by atoms with Crippen LogP contribution in [0.1, 0.15) is 50.2 Å². The van der Waals surface area contributed by atoms with Gasteiger partial charge in [0, 0.05) is 5.41 Å². The summed E-state index contributed by atoms with van der Waals surface area (Å²) in [5.41, 5.74) is 3.29. The summed E-state index contributed by atoms with van der Waals surface area (Å²) in [4.78, 5) is 0. The molecule has 3 aliphatic rings. The second kappa shape index (κ2) is 5.08. The van der Waals surface area contributed by atoms with Gasteiger partial charge in [0.25, 0.3) is 0 Å². The van der Waals surface area contributed by atoms with E-state index in [-0.39, 0.29) is 12.3 Å². The average molecular weight is 325 g/mol. The largest absolute Gasteiger partial charge is 0.508 e. The van der Waals surface area contributed by atoms with Crippen LogP contribution >= 0.6 is 0 Å². The molecule has 4 atom stereocenters. The summed E-state index contributed by atoms with van der Waals surface area (Å²) >= 11 is 0. The predicted molar refractivity (Wildman–Crippen MR) is 90.0 cm³/mol. The van der Waals surface area contributed by atoms with E-state index in [1.165, 1.54) is 22.3 Å². The fourth-order valence-corrected chi connectivity index (χ4v) is 5.46. The van der Waals surface area contributed by atoms with Crippen LogP contribution in [0.15, 0.2) is 23.8 Å². The van der Waals surface area contributed by atoms with E-state index in [1.54, 1.807) is 6.07 Å². The minimum atomic E-state index is -1.32. The first-order chi connectivity index (χ1) is 11.4. The summed E-state index contributed by atoms with van der Waals surface area (Å²) < 4.78 is 0. The van der Waals surface area contributed by atoms with Crippen molar-refractivity contribution in [3.8, 4) is 11.8 Å². The lowest BCUT2D eigenvalue weighted by atomic mass is 9.58. The molecule has 0 unspecified atom stereocenters. The molecule has 1 fully saturated rings. The number of hydrogen-bond donors (Lipinski definition) is 3. The standard InChI is InChI=1S/C20H23NO3/c1-19-7-6-15-14-5-3-13(22)10-12(14)2-4-16(15)17(19)11-18(23)20(19,24)8-9-21/h3,5,10,17-18,22-24H,2,4,6-8,11H2,1H3/t17-,18+,19-,20-/m0/s1. The molecule has 3 aliphatic carbocycles. The number of nitrogens with zero attached hydrogens (tertiary/aromatic N) is 1. The minimum Gasteiger partial charge on any atom is -0.508 e. The Morgan fingerprint density at radius 3 is 2.83 bits per heavy atom. The number of aromatic hydroxyl groups is 1. The van der Waals surface area contributed by atoms with Crippen LogP contribution in [0.3, 0.4) is 0 Å². The number of nitriles is 1. The summed E-state index contributed by atoms with van der Waals surface area (Å²) in [6.45, 7) is 2.04. The lowest BCUT2D eigenvalue weighted by Crippen LogP contribution is -2.51. The summed E-state index contributed by atoms with van der Waals surface area (Å²) in [5.74, 6) is 0.426. The van der Waals surface area contributed by atoms with Crippen LogP contribution in [0.5, 0.6) is 5.75 Å². The smallest absolute Gasteiger partial charge is 0.115 e. The predicted octanol–water partition coefficient (Wildman–Crippen LogP) is 2.92. The Balaban J connectivity index is 1.81. The average Bonchev–Trinajstić information content (AvgIpc) is 2.75. The summed E-state index contributed by atoms with van der Waals surface area (Å²) in [7, 11) is 0. The van der Waals surface area contributed by atoms with Crippen LogP contribution in [0.4, 0.5) is 0 Å². The molecule has 1 aromatic carbocycles. The first-order valence-corrected chi connectivity index (χ1v) is 8.72. The third-order valence-corrected chi connectivity index (χ3v) is 6.90. The molecule has 1 aromatic rings. The van der Waals surface area contributed by atoms with Crippen LogP contribution in [0.25, 0.3) is 5.57 Å². The molecule has 4 rings (SSSR count). The number of benzene rings is 1. The van der Waals surface area contributed by atoms with Gasteiger partial charge in [-0.3, -0.25) is 0 Å². The molecule has 0 bridgehead atoms. The lowest BCUT2D eigenvalue weighted by molar-refractivity contribution is -0.122. The number of fused-ring (bicyclic) bond motifs is 4. The molecule has 0 amide bonds. The monoisotopic (exact) mass is 325 g/mol. The molecule has 126 valence electrons. The molecule has 0 spiro atoms. The van der Waals surface area contributed by atoms with Gasteiger partial charge in [-0.25, -0.2) is 0 Å². The Morgan fingerprint density at radius 1 is 1.29 bits per heavy atom. The van der Waals surface area contributed by atoms with E-state index in [0.717, 1.165) is 25.7 Å². The van der Waals surface area contributed by atoms with E-state index < -0.39 is 17.1 Å². The number of hydrogen-bond acceptors (Lipinski definition) is 4. The Bertz CT molecular complexity index is 778. The van der Waals surface area contributed by atoms with Crippen molar-refractivity contribution < 1.29 is 15.3 Å². The molecule has 3 N–H and O–H groups in total. The molecule has 1 saturated carbocycles. The van der Waals surface area contributed by atoms with Gasteiger partial charge >= 0.3 is 0 Å². The number of aryl methyl sites for hydroxylation is 1. The van der Waals surface area contributed by atoms with E-state index in [1.807, 2.05) is 19.1 Å². The third-order valence-electron chi connectivity index (χ3n) is 6.90. The Labute approximate surface area is 142 Å². The minimum absolute atomic E-state index is 0.0196. The quantitative estimate of drug-likeness (QED) is 0.741. The van der Waals surface area contributed by atoms with Crippen molar-refractivity contribution in [1.29, 1.82) is 5.26 Å². The fourth-order valence-electron chi connectivity index (χ4n) is 5.46. The Hall–Kier alpha value is -1.83. The summed E-state index contributed by atoms with van der Waals surface area (Å²) in [6, 6.07) is 7.66. The lowest BCUT2D eigenvalue weighted by Gasteiger charge is -2.48. The van der Waals surface area contributed by atoms with Gasteiger partial charge in [0.05, 0.1) is 18.6 Å². The topological polar surface area (TPSA) is 84.5 Å². The van der Waals surface area contributed by atoms with Gasteiger partial charge < -0.3 is 15.3 Å². The van der Waals surface area contributed by atoms with Crippen LogP contribution in [0, 0.1) is 22.7 Å². The van der Waals surface area contributed by atoms with Gasteiger partial charge in [-0.15, -0.1) is 0 Å². The zero-order chi connectivity index (χ0) is 17.1. The van der Waals surface area contributed by atoms with Gasteiger partial charge in [0.1, 0.15) is 11.4 Å². The van der Waals surface area contributed by atoms with Crippen molar-refractivity contribution in [2.24, 2.45) is 11.3 Å². The number of aliphatic hydroxyl groups is 2. The van der Waals surface area contributed by atoms with Crippen molar-refractivity contribution >= 4 is 5.57 Å². The molecular formula is C20H23NO3. The molecule has 4 nitrogen and oxygen atoms in total. The second-order valence-electron chi connectivity index (χ2n) is 7.83. The normalized spacial score (nSPS) is 37.4. The highest BCUT2D eigenvalue weighted by Crippen LogP contribution is 2.62. The maximum atomic E-state index is 11.1. The SMILES string of the molecule is C[C@]12CCC3=C(CCc4cc(O)ccc43)[C@@H]1C[C@@H](O)[C@@]2(O)CC#N. The summed E-state index contributed by atoms with van der Waals surface area (Å²) in [5, 5.41) is 40.5. The molecular weight excluding hydrogens is 302 g/mol. The van der Waals surface area contributed by atoms with Crippen molar-refractivity contribution in [2.45, 2.75) is 57.2 Å². The van der Waals surface area contributed by atoms with Gasteiger partial charge in [0.2, 0.25) is 0 Å². The Kier molecular flexibility index (Phi) is 3.32. The second-order valence-corrected chi connectivity index (χ2v) is 7.83. The van der Waals surface area contributed by atoms with Crippen molar-refractivity contribution in [3.63, 3.8) is 0 Å². The maximum Gasteiger partial charge on any atom is 0.115 e. The van der Waals surface area contributed by atoms with Crippen molar-refractivity contribution in [3.05, 3.63) is 34.9 Å². The van der Waals surface area contributed by atoms with E-state index in [0.29, 0.717) is 12.2 Å². The van der Waals surface area contributed by atoms with Crippen LogP contribution in [-0.4, -0.2) is 27.0 Å². The van der Waals surface area contributed by atoms with E-state index >= 15 is 0 Å². The highest BCUT2D eigenvalue weighted by atomic mass is 16.3. The highest BCUT2D eigenvalue weighted by molar-refractivity contribution is 5.75. The number of phenols is 1. The zero-order valence-corrected chi connectivity index (χ0v) is 13.9. The van der Waals surface area contributed by atoms with Gasteiger partial charge in [-0.1, -0.05) is 18.6 Å². The maximum absolute atomic E-state index is 11.1. The highest BCUT2D eigenvalue weighted by Gasteiger charge is 2.63. The molecule has 0 heterocycles. The first-order valence-electron chi connectivity index (χ1n) is 8.72.